The number of likely N-dealkylation sites (N-methyl/N-ethyl adjacent to an activating group) is 1. The summed E-state index contributed by atoms with van der Waals surface area (Å²) in [6.07, 6.45) is 2.22. The molecule has 17 heavy (non-hydrogen) atoms. The molecule has 3 nitrogen and oxygen atoms in total. The molecule has 2 rings (SSSR count). The van der Waals surface area contributed by atoms with Crippen molar-refractivity contribution in [2.75, 3.05) is 18.9 Å². The number of nitrogens with one attached hydrogen (secondary N) is 1. The van der Waals surface area contributed by atoms with Crippen molar-refractivity contribution in [3.63, 3.8) is 0 Å². The van der Waals surface area contributed by atoms with E-state index in [2.05, 4.69) is 5.32 Å². The predicted octanol–water partition coefficient (Wildman–Crippen LogP) is 2.17. The van der Waals surface area contributed by atoms with Crippen LogP contribution >= 0.6 is 0 Å². The Balaban J connectivity index is 1.90. The monoisotopic (exact) mass is 236 g/mol. The number of benzene rings is 1. The zero-order chi connectivity index (χ0) is 12.4. The molecular formula is C13H17FN2O. The molecule has 0 saturated heterocycles. The molecule has 1 aliphatic rings. The second-order valence-electron chi connectivity index (χ2n) is 4.55. The average molecular weight is 236 g/mol. The van der Waals surface area contributed by atoms with Crippen LogP contribution in [0.4, 0.5) is 10.1 Å². The van der Waals surface area contributed by atoms with Crippen molar-refractivity contribution in [2.24, 2.45) is 0 Å². The standard InChI is InChI=1S/C13H17FN2O/c1-9-7-10(14)3-6-12(9)15-8-13(17)16(2)11-4-5-11/h3,6-7,11,15H,4-5,8H2,1-2H3. The Kier molecular flexibility index (Phi) is 3.31. The lowest BCUT2D eigenvalue weighted by atomic mass is 10.2. The van der Waals surface area contributed by atoms with Crippen molar-refractivity contribution < 1.29 is 9.18 Å². The van der Waals surface area contributed by atoms with E-state index < -0.39 is 0 Å². The highest BCUT2D eigenvalue weighted by Crippen LogP contribution is 2.25. The molecule has 0 spiro atoms. The summed E-state index contributed by atoms with van der Waals surface area (Å²) < 4.78 is 12.9. The van der Waals surface area contributed by atoms with Crippen LogP contribution in [0, 0.1) is 12.7 Å². The van der Waals surface area contributed by atoms with Crippen LogP contribution in [0.25, 0.3) is 0 Å². The molecule has 0 unspecified atom stereocenters. The minimum atomic E-state index is -0.255. The number of carbonyl (C=O) groups excluding carboxylic acids is 1. The zero-order valence-corrected chi connectivity index (χ0v) is 10.2. The first kappa shape index (κ1) is 11.9. The molecule has 1 N–H and O–H groups in total. The smallest absolute Gasteiger partial charge is 0.241 e. The Labute approximate surface area is 101 Å². The molecular weight excluding hydrogens is 219 g/mol. The summed E-state index contributed by atoms with van der Waals surface area (Å²) in [5.74, 6) is -0.175. The SMILES string of the molecule is Cc1cc(F)ccc1NCC(=O)N(C)C1CC1. The number of aryl methyl sites for hydroxylation is 1. The van der Waals surface area contributed by atoms with Gasteiger partial charge >= 0.3 is 0 Å². The summed E-state index contributed by atoms with van der Waals surface area (Å²) in [6, 6.07) is 4.94. The maximum Gasteiger partial charge on any atom is 0.241 e. The average Bonchev–Trinajstić information content (AvgIpc) is 3.10. The van der Waals surface area contributed by atoms with Gasteiger partial charge in [-0.1, -0.05) is 0 Å². The third kappa shape index (κ3) is 2.96. The van der Waals surface area contributed by atoms with Gasteiger partial charge < -0.3 is 10.2 Å². The van der Waals surface area contributed by atoms with Crippen LogP contribution in [0.5, 0.6) is 0 Å². The lowest BCUT2D eigenvalue weighted by Crippen LogP contribution is -2.33. The molecule has 1 saturated carbocycles. The molecule has 1 fully saturated rings. The highest BCUT2D eigenvalue weighted by atomic mass is 19.1. The minimum absolute atomic E-state index is 0.0798. The molecule has 0 aromatic heterocycles. The molecule has 0 bridgehead atoms. The van der Waals surface area contributed by atoms with Crippen molar-refractivity contribution in [2.45, 2.75) is 25.8 Å². The Morgan fingerprint density at radius 3 is 2.82 bits per heavy atom. The fourth-order valence-corrected chi connectivity index (χ4v) is 1.79. The molecule has 4 heteroatoms. The van der Waals surface area contributed by atoms with E-state index in [0.29, 0.717) is 6.04 Å². The fourth-order valence-electron chi connectivity index (χ4n) is 1.79. The normalized spacial score (nSPS) is 14.5. The van der Waals surface area contributed by atoms with Gasteiger partial charge in [0.15, 0.2) is 0 Å². The Morgan fingerprint density at radius 1 is 1.53 bits per heavy atom. The first-order valence-electron chi connectivity index (χ1n) is 5.83. The molecule has 0 atom stereocenters. The summed E-state index contributed by atoms with van der Waals surface area (Å²) in [5.41, 5.74) is 1.62. The van der Waals surface area contributed by atoms with E-state index in [1.54, 1.807) is 11.0 Å². The van der Waals surface area contributed by atoms with Crippen LogP contribution < -0.4 is 5.32 Å². The molecule has 92 valence electrons. The summed E-state index contributed by atoms with van der Waals surface area (Å²) in [4.78, 5) is 13.5. The van der Waals surface area contributed by atoms with Crippen molar-refractivity contribution in [3.8, 4) is 0 Å². The van der Waals surface area contributed by atoms with Crippen molar-refractivity contribution in [1.29, 1.82) is 0 Å². The maximum absolute atomic E-state index is 12.9. The van der Waals surface area contributed by atoms with Gasteiger partial charge in [0.25, 0.3) is 0 Å². The fraction of sp³-hybridized carbons (Fsp3) is 0.462. The molecule has 1 amide bonds. The predicted molar refractivity (Wildman–Crippen MR) is 65.4 cm³/mol. The molecule has 0 heterocycles. The van der Waals surface area contributed by atoms with Crippen LogP contribution in [0.15, 0.2) is 18.2 Å². The van der Waals surface area contributed by atoms with Crippen molar-refractivity contribution >= 4 is 11.6 Å². The van der Waals surface area contributed by atoms with Crippen LogP contribution in [0.3, 0.4) is 0 Å². The van der Waals surface area contributed by atoms with Crippen molar-refractivity contribution in [3.05, 3.63) is 29.6 Å². The number of rotatable bonds is 4. The van der Waals surface area contributed by atoms with Crippen LogP contribution in [0.1, 0.15) is 18.4 Å². The van der Waals surface area contributed by atoms with E-state index in [-0.39, 0.29) is 18.3 Å². The molecule has 0 aliphatic heterocycles. The van der Waals surface area contributed by atoms with E-state index in [1.807, 2.05) is 14.0 Å². The first-order chi connectivity index (χ1) is 8.08. The molecule has 1 aromatic rings. The van der Waals surface area contributed by atoms with Gasteiger partial charge in [0.1, 0.15) is 5.82 Å². The quantitative estimate of drug-likeness (QED) is 0.869. The number of carbonyl (C=O) groups is 1. The Hall–Kier alpha value is -1.58. The van der Waals surface area contributed by atoms with E-state index in [0.717, 1.165) is 24.1 Å². The number of hydrogen-bond acceptors (Lipinski definition) is 2. The van der Waals surface area contributed by atoms with Gasteiger partial charge in [0, 0.05) is 18.8 Å². The zero-order valence-electron chi connectivity index (χ0n) is 10.2. The second kappa shape index (κ2) is 4.73. The van der Waals surface area contributed by atoms with Gasteiger partial charge in [-0.2, -0.15) is 0 Å². The summed E-state index contributed by atoms with van der Waals surface area (Å²) in [5, 5.41) is 3.05. The van der Waals surface area contributed by atoms with Gasteiger partial charge in [-0.3, -0.25) is 4.79 Å². The molecule has 1 aliphatic carbocycles. The van der Waals surface area contributed by atoms with E-state index in [9.17, 15) is 9.18 Å². The Morgan fingerprint density at radius 2 is 2.24 bits per heavy atom. The highest BCUT2D eigenvalue weighted by Gasteiger charge is 2.29. The third-order valence-electron chi connectivity index (χ3n) is 3.11. The van der Waals surface area contributed by atoms with E-state index in [4.69, 9.17) is 0 Å². The Bertz CT molecular complexity index is 429. The van der Waals surface area contributed by atoms with Crippen LogP contribution in [-0.4, -0.2) is 30.4 Å². The molecule has 1 aromatic carbocycles. The van der Waals surface area contributed by atoms with Gasteiger partial charge in [-0.05, 0) is 43.5 Å². The topological polar surface area (TPSA) is 32.3 Å². The number of halogens is 1. The van der Waals surface area contributed by atoms with Crippen molar-refractivity contribution in [1.82, 2.24) is 4.90 Å². The van der Waals surface area contributed by atoms with E-state index >= 15 is 0 Å². The second-order valence-corrected chi connectivity index (χ2v) is 4.55. The van der Waals surface area contributed by atoms with Crippen LogP contribution in [0.2, 0.25) is 0 Å². The molecule has 0 radical (unpaired) electrons. The van der Waals surface area contributed by atoms with E-state index in [1.165, 1.54) is 12.1 Å². The lowest BCUT2D eigenvalue weighted by Gasteiger charge is -2.17. The van der Waals surface area contributed by atoms with Gasteiger partial charge in [0.2, 0.25) is 5.91 Å². The number of anilines is 1. The summed E-state index contributed by atoms with van der Waals surface area (Å²) in [6.45, 7) is 2.08. The van der Waals surface area contributed by atoms with Gasteiger partial charge in [-0.15, -0.1) is 0 Å². The number of nitrogens with zero attached hydrogens (tertiary/aromatic N) is 1. The van der Waals surface area contributed by atoms with Gasteiger partial charge in [-0.25, -0.2) is 4.39 Å². The largest absolute Gasteiger partial charge is 0.376 e. The third-order valence-corrected chi connectivity index (χ3v) is 3.11. The highest BCUT2D eigenvalue weighted by molar-refractivity contribution is 5.81. The summed E-state index contributed by atoms with van der Waals surface area (Å²) >= 11 is 0. The van der Waals surface area contributed by atoms with Crippen LogP contribution in [-0.2, 0) is 4.79 Å². The van der Waals surface area contributed by atoms with Gasteiger partial charge in [0.05, 0.1) is 6.54 Å². The first-order valence-corrected chi connectivity index (χ1v) is 5.83. The number of amides is 1. The lowest BCUT2D eigenvalue weighted by molar-refractivity contribution is -0.128. The maximum atomic E-state index is 12.9. The minimum Gasteiger partial charge on any atom is -0.376 e. The number of hydrogen-bond donors (Lipinski definition) is 1. The summed E-state index contributed by atoms with van der Waals surface area (Å²) in [7, 11) is 1.83.